The number of carbonyl (C=O) groups is 1. The van der Waals surface area contributed by atoms with Crippen LogP contribution in [0.5, 0.6) is 0 Å². The molecule has 1 aliphatic rings. The number of carbonyl (C=O) groups excluding carboxylic acids is 1. The average molecular weight is 291 g/mol. The summed E-state index contributed by atoms with van der Waals surface area (Å²) in [7, 11) is 1.40. The number of nitrogens with one attached hydrogen (secondary N) is 1. The number of hydrogen-bond donors (Lipinski definition) is 1. The maximum atomic E-state index is 11.2. The number of aryl methyl sites for hydroxylation is 2. The molecular weight excluding hydrogens is 274 g/mol. The van der Waals surface area contributed by atoms with Crippen molar-refractivity contribution in [1.82, 2.24) is 9.97 Å². The summed E-state index contributed by atoms with van der Waals surface area (Å²) in [5.74, 6) is 0.633. The predicted octanol–water partition coefficient (Wildman–Crippen LogP) is 2.55. The third-order valence-electron chi connectivity index (χ3n) is 3.60. The van der Waals surface area contributed by atoms with Crippen LogP contribution in [0, 0.1) is 0 Å². The molecule has 1 aliphatic carbocycles. The Morgan fingerprint density at radius 1 is 1.40 bits per heavy atom. The second-order valence-electron chi connectivity index (χ2n) is 4.87. The molecule has 0 unspecified atom stereocenters. The van der Waals surface area contributed by atoms with E-state index in [1.165, 1.54) is 30.4 Å². The highest BCUT2D eigenvalue weighted by Gasteiger charge is 2.19. The van der Waals surface area contributed by atoms with Gasteiger partial charge in [-0.1, -0.05) is 0 Å². The van der Waals surface area contributed by atoms with Gasteiger partial charge in [0.2, 0.25) is 0 Å². The van der Waals surface area contributed by atoms with Crippen molar-refractivity contribution >= 4 is 33.3 Å². The van der Waals surface area contributed by atoms with Gasteiger partial charge in [0.05, 0.1) is 18.9 Å². The van der Waals surface area contributed by atoms with E-state index in [0.717, 1.165) is 28.9 Å². The number of aromatic nitrogens is 2. The number of ether oxygens (including phenoxy) is 1. The van der Waals surface area contributed by atoms with Crippen LogP contribution in [-0.2, 0) is 22.4 Å². The molecule has 106 valence electrons. The summed E-state index contributed by atoms with van der Waals surface area (Å²) in [6.07, 6.45) is 6.68. The van der Waals surface area contributed by atoms with Crippen LogP contribution in [0.4, 0.5) is 5.82 Å². The Kier molecular flexibility index (Phi) is 3.82. The standard InChI is InChI=1S/C14H17N3O2S/c1-19-11(18)6-7-15-13-12-9-4-2-3-5-10(9)20-14(12)17-8-16-13/h8H,2-7H2,1H3,(H,15,16,17). The first kappa shape index (κ1) is 13.3. The lowest BCUT2D eigenvalue weighted by Crippen LogP contribution is -2.11. The number of esters is 1. The largest absolute Gasteiger partial charge is 0.469 e. The van der Waals surface area contributed by atoms with Crippen molar-refractivity contribution in [2.75, 3.05) is 19.0 Å². The highest BCUT2D eigenvalue weighted by Crippen LogP contribution is 2.37. The highest BCUT2D eigenvalue weighted by molar-refractivity contribution is 7.19. The van der Waals surface area contributed by atoms with E-state index in [1.807, 2.05) is 0 Å². The van der Waals surface area contributed by atoms with Crippen molar-refractivity contribution in [3.8, 4) is 0 Å². The Labute approximate surface area is 121 Å². The van der Waals surface area contributed by atoms with Gasteiger partial charge >= 0.3 is 5.97 Å². The zero-order valence-corrected chi connectivity index (χ0v) is 12.3. The molecule has 2 heterocycles. The van der Waals surface area contributed by atoms with Gasteiger partial charge in [0, 0.05) is 11.4 Å². The fourth-order valence-corrected chi connectivity index (χ4v) is 3.84. The second kappa shape index (κ2) is 5.75. The predicted molar refractivity (Wildman–Crippen MR) is 79.2 cm³/mol. The van der Waals surface area contributed by atoms with Crippen LogP contribution < -0.4 is 5.32 Å². The van der Waals surface area contributed by atoms with Gasteiger partial charge in [-0.3, -0.25) is 4.79 Å². The summed E-state index contributed by atoms with van der Waals surface area (Å²) in [5.41, 5.74) is 1.40. The zero-order valence-electron chi connectivity index (χ0n) is 11.4. The maximum Gasteiger partial charge on any atom is 0.307 e. The second-order valence-corrected chi connectivity index (χ2v) is 5.95. The summed E-state index contributed by atoms with van der Waals surface area (Å²) in [5, 5.41) is 4.39. The Bertz CT molecular complexity index is 639. The maximum absolute atomic E-state index is 11.2. The SMILES string of the molecule is COC(=O)CCNc1ncnc2sc3c(c12)CCCC3. The third-order valence-corrected chi connectivity index (χ3v) is 4.80. The molecule has 6 heteroatoms. The fraction of sp³-hybridized carbons (Fsp3) is 0.500. The molecule has 0 amide bonds. The molecule has 0 saturated carbocycles. The number of nitrogens with zero attached hydrogens (tertiary/aromatic N) is 2. The van der Waals surface area contributed by atoms with E-state index in [-0.39, 0.29) is 5.97 Å². The number of rotatable bonds is 4. The number of anilines is 1. The molecule has 0 bridgehead atoms. The molecule has 2 aromatic rings. The minimum Gasteiger partial charge on any atom is -0.469 e. The van der Waals surface area contributed by atoms with E-state index in [1.54, 1.807) is 17.7 Å². The number of thiophene rings is 1. The average Bonchev–Trinajstić information content (AvgIpc) is 2.86. The zero-order chi connectivity index (χ0) is 13.9. The van der Waals surface area contributed by atoms with E-state index < -0.39 is 0 Å². The molecule has 3 rings (SSSR count). The van der Waals surface area contributed by atoms with Crippen LogP contribution >= 0.6 is 11.3 Å². The Morgan fingerprint density at radius 2 is 2.25 bits per heavy atom. The van der Waals surface area contributed by atoms with Gasteiger partial charge in [-0.15, -0.1) is 11.3 Å². The van der Waals surface area contributed by atoms with E-state index >= 15 is 0 Å². The molecule has 0 atom stereocenters. The fourth-order valence-electron chi connectivity index (χ4n) is 2.61. The van der Waals surface area contributed by atoms with Gasteiger partial charge in [-0.25, -0.2) is 9.97 Å². The van der Waals surface area contributed by atoms with E-state index in [9.17, 15) is 4.79 Å². The monoisotopic (exact) mass is 291 g/mol. The molecule has 20 heavy (non-hydrogen) atoms. The highest BCUT2D eigenvalue weighted by atomic mass is 32.1. The lowest BCUT2D eigenvalue weighted by molar-refractivity contribution is -0.140. The normalized spacial score (nSPS) is 14.1. The van der Waals surface area contributed by atoms with Crippen LogP contribution in [0.1, 0.15) is 29.7 Å². The topological polar surface area (TPSA) is 64.1 Å². The molecular formula is C14H17N3O2S. The van der Waals surface area contributed by atoms with Crippen molar-refractivity contribution in [2.45, 2.75) is 32.1 Å². The lowest BCUT2D eigenvalue weighted by atomic mass is 9.97. The number of methoxy groups -OCH3 is 1. The number of hydrogen-bond acceptors (Lipinski definition) is 6. The Balaban J connectivity index is 1.87. The van der Waals surface area contributed by atoms with E-state index in [0.29, 0.717) is 13.0 Å². The summed E-state index contributed by atoms with van der Waals surface area (Å²) in [4.78, 5) is 22.4. The smallest absolute Gasteiger partial charge is 0.307 e. The molecule has 1 N–H and O–H groups in total. The summed E-state index contributed by atoms with van der Waals surface area (Å²) < 4.78 is 4.64. The van der Waals surface area contributed by atoms with Crippen LogP contribution in [0.25, 0.3) is 10.2 Å². The number of fused-ring (bicyclic) bond motifs is 3. The van der Waals surface area contributed by atoms with Gasteiger partial charge in [0.1, 0.15) is 17.0 Å². The molecule has 0 aromatic carbocycles. The minimum atomic E-state index is -0.213. The van der Waals surface area contributed by atoms with E-state index in [4.69, 9.17) is 0 Å². The first-order valence-corrected chi connectivity index (χ1v) is 7.67. The van der Waals surface area contributed by atoms with Crippen LogP contribution in [0.3, 0.4) is 0 Å². The molecule has 2 aromatic heterocycles. The first-order valence-electron chi connectivity index (χ1n) is 6.85. The minimum absolute atomic E-state index is 0.213. The van der Waals surface area contributed by atoms with Crippen LogP contribution in [-0.4, -0.2) is 29.6 Å². The van der Waals surface area contributed by atoms with Crippen molar-refractivity contribution in [2.24, 2.45) is 0 Å². The van der Waals surface area contributed by atoms with Crippen molar-refractivity contribution in [1.29, 1.82) is 0 Å². The van der Waals surface area contributed by atoms with Gasteiger partial charge in [0.25, 0.3) is 0 Å². The van der Waals surface area contributed by atoms with Gasteiger partial charge < -0.3 is 10.1 Å². The first-order chi connectivity index (χ1) is 9.79. The summed E-state index contributed by atoms with van der Waals surface area (Å²) >= 11 is 1.78. The van der Waals surface area contributed by atoms with Crippen molar-refractivity contribution in [3.05, 3.63) is 16.8 Å². The third kappa shape index (κ3) is 2.47. The lowest BCUT2D eigenvalue weighted by Gasteiger charge is -2.12. The molecule has 0 aliphatic heterocycles. The molecule has 0 saturated heterocycles. The Morgan fingerprint density at radius 3 is 3.10 bits per heavy atom. The molecule has 0 fully saturated rings. The van der Waals surface area contributed by atoms with Crippen LogP contribution in [0.15, 0.2) is 6.33 Å². The Hall–Kier alpha value is -1.69. The van der Waals surface area contributed by atoms with Gasteiger partial charge in [-0.05, 0) is 31.2 Å². The van der Waals surface area contributed by atoms with E-state index in [2.05, 4.69) is 20.0 Å². The quantitative estimate of drug-likeness (QED) is 0.877. The van der Waals surface area contributed by atoms with Gasteiger partial charge in [-0.2, -0.15) is 0 Å². The summed E-state index contributed by atoms with van der Waals surface area (Å²) in [6.45, 7) is 0.531. The van der Waals surface area contributed by atoms with Crippen molar-refractivity contribution in [3.63, 3.8) is 0 Å². The van der Waals surface area contributed by atoms with Gasteiger partial charge in [0.15, 0.2) is 0 Å². The molecule has 0 spiro atoms. The van der Waals surface area contributed by atoms with Crippen LogP contribution in [0.2, 0.25) is 0 Å². The summed E-state index contributed by atoms with van der Waals surface area (Å²) in [6, 6.07) is 0. The van der Waals surface area contributed by atoms with Crippen molar-refractivity contribution < 1.29 is 9.53 Å². The molecule has 5 nitrogen and oxygen atoms in total. The molecule has 0 radical (unpaired) electrons.